The molecule has 0 bridgehead atoms. The third-order valence-electron chi connectivity index (χ3n) is 1.29. The average Bonchev–Trinajstić information content (AvgIpc) is 1.78. The first-order chi connectivity index (χ1) is 4.10. The normalized spacial score (nSPS) is 34.3. The van der Waals surface area contributed by atoms with Crippen molar-refractivity contribution in [2.24, 2.45) is 0 Å². The van der Waals surface area contributed by atoms with Gasteiger partial charge in [0.2, 0.25) is 0 Å². The molecule has 1 atom stereocenters. The molecule has 0 amide bonds. The fourth-order valence-corrected chi connectivity index (χ4v) is 0.967. The third-order valence-corrected chi connectivity index (χ3v) is 1.85. The molecule has 1 rings (SSSR count). The van der Waals surface area contributed by atoms with Crippen molar-refractivity contribution in [3.05, 3.63) is 23.3 Å². The molecule has 0 saturated heterocycles. The molecule has 0 aromatic carbocycles. The number of rotatable bonds is 0. The minimum Gasteiger partial charge on any atom is -0.115 e. The summed E-state index contributed by atoms with van der Waals surface area (Å²) in [6.07, 6.45) is 6.49. The van der Waals surface area contributed by atoms with Crippen molar-refractivity contribution in [2.75, 3.05) is 0 Å². The molecule has 0 radical (unpaired) electrons. The second-order valence-corrected chi connectivity index (χ2v) is 3.70. The molecule has 0 nitrogen and oxygen atoms in total. The summed E-state index contributed by atoms with van der Waals surface area (Å²) in [6.45, 7) is 1.96. The van der Waals surface area contributed by atoms with Gasteiger partial charge in [0.25, 0.3) is 0 Å². The quantitative estimate of drug-likeness (QED) is 0.481. The molecular formula is C7H8Cl2. The van der Waals surface area contributed by atoms with Crippen LogP contribution in [0.25, 0.3) is 0 Å². The van der Waals surface area contributed by atoms with E-state index in [2.05, 4.69) is 0 Å². The summed E-state index contributed by atoms with van der Waals surface area (Å²) in [7, 11) is 0. The first-order valence-corrected chi connectivity index (χ1v) is 3.60. The summed E-state index contributed by atoms with van der Waals surface area (Å²) in [6, 6.07) is 0. The summed E-state index contributed by atoms with van der Waals surface area (Å²) in [4.78, 5) is -0.210. The first kappa shape index (κ1) is 7.17. The largest absolute Gasteiger partial charge is 0.115 e. The second-order valence-electron chi connectivity index (χ2n) is 2.40. The highest BCUT2D eigenvalue weighted by molar-refractivity contribution is 6.32. The standard InChI is InChI=1S/C7H8Cl2/c1-7(9)4-2-6(8)3-5-7/h2-4H,5H2,1H3. The van der Waals surface area contributed by atoms with Gasteiger partial charge in [-0.15, -0.1) is 11.6 Å². The maximum Gasteiger partial charge on any atom is 0.0636 e. The van der Waals surface area contributed by atoms with Crippen molar-refractivity contribution in [2.45, 2.75) is 18.2 Å². The molecular weight excluding hydrogens is 155 g/mol. The van der Waals surface area contributed by atoms with Crippen molar-refractivity contribution < 1.29 is 0 Å². The summed E-state index contributed by atoms with van der Waals surface area (Å²) in [5, 5.41) is 0.785. The van der Waals surface area contributed by atoms with Gasteiger partial charge in [-0.05, 0) is 19.4 Å². The van der Waals surface area contributed by atoms with Gasteiger partial charge in [-0.25, -0.2) is 0 Å². The Kier molecular flexibility index (Phi) is 1.88. The molecule has 50 valence electrons. The molecule has 0 N–H and O–H groups in total. The Hall–Kier alpha value is 0.0600. The van der Waals surface area contributed by atoms with Crippen LogP contribution in [-0.4, -0.2) is 4.87 Å². The maximum absolute atomic E-state index is 5.95. The Labute approximate surface area is 65.2 Å². The molecule has 1 aliphatic rings. The lowest BCUT2D eigenvalue weighted by Crippen LogP contribution is -2.12. The Morgan fingerprint density at radius 1 is 1.67 bits per heavy atom. The van der Waals surface area contributed by atoms with E-state index in [4.69, 9.17) is 23.2 Å². The van der Waals surface area contributed by atoms with Gasteiger partial charge in [0.15, 0.2) is 0 Å². The molecule has 0 saturated carbocycles. The Morgan fingerprint density at radius 3 is 2.67 bits per heavy atom. The van der Waals surface area contributed by atoms with E-state index in [0.29, 0.717) is 0 Å². The van der Waals surface area contributed by atoms with Gasteiger partial charge in [-0.1, -0.05) is 23.8 Å². The van der Waals surface area contributed by atoms with E-state index < -0.39 is 0 Å². The van der Waals surface area contributed by atoms with Gasteiger partial charge < -0.3 is 0 Å². The molecule has 9 heavy (non-hydrogen) atoms. The number of allylic oxidation sites excluding steroid dienone is 4. The predicted molar refractivity (Wildman–Crippen MR) is 42.0 cm³/mol. The monoisotopic (exact) mass is 162 g/mol. The average molecular weight is 163 g/mol. The molecule has 0 aromatic heterocycles. The van der Waals surface area contributed by atoms with E-state index in [9.17, 15) is 0 Å². The molecule has 0 aliphatic heterocycles. The van der Waals surface area contributed by atoms with Gasteiger partial charge in [0.05, 0.1) is 4.87 Å². The van der Waals surface area contributed by atoms with Crippen LogP contribution in [-0.2, 0) is 0 Å². The zero-order valence-corrected chi connectivity index (χ0v) is 6.71. The SMILES string of the molecule is CC1(Cl)C=CC(Cl)=CC1. The second kappa shape index (κ2) is 2.36. The molecule has 1 aliphatic carbocycles. The summed E-state index contributed by atoms with van der Waals surface area (Å²) in [5.41, 5.74) is 0. The molecule has 0 heterocycles. The zero-order chi connectivity index (χ0) is 6.91. The fourth-order valence-electron chi connectivity index (χ4n) is 0.687. The van der Waals surface area contributed by atoms with Crippen LogP contribution in [0.2, 0.25) is 0 Å². The maximum atomic E-state index is 5.95. The van der Waals surface area contributed by atoms with Crippen LogP contribution in [0, 0.1) is 0 Å². The van der Waals surface area contributed by atoms with Gasteiger partial charge >= 0.3 is 0 Å². The van der Waals surface area contributed by atoms with Crippen molar-refractivity contribution in [1.29, 1.82) is 0 Å². The Bertz CT molecular complexity index is 166. The lowest BCUT2D eigenvalue weighted by atomic mass is 10.0. The molecule has 0 aromatic rings. The number of alkyl halides is 1. The highest BCUT2D eigenvalue weighted by Gasteiger charge is 2.17. The van der Waals surface area contributed by atoms with Crippen LogP contribution in [0.5, 0.6) is 0 Å². The third kappa shape index (κ3) is 2.04. The van der Waals surface area contributed by atoms with Gasteiger partial charge in [0, 0.05) is 5.03 Å². The molecule has 2 heteroatoms. The van der Waals surface area contributed by atoms with Crippen molar-refractivity contribution in [3.63, 3.8) is 0 Å². The van der Waals surface area contributed by atoms with E-state index >= 15 is 0 Å². The zero-order valence-electron chi connectivity index (χ0n) is 5.20. The van der Waals surface area contributed by atoms with Crippen LogP contribution < -0.4 is 0 Å². The fraction of sp³-hybridized carbons (Fsp3) is 0.429. The lowest BCUT2D eigenvalue weighted by Gasteiger charge is -2.17. The summed E-state index contributed by atoms with van der Waals surface area (Å²) in [5.74, 6) is 0. The minimum absolute atomic E-state index is 0.210. The number of hydrogen-bond acceptors (Lipinski definition) is 0. The van der Waals surface area contributed by atoms with E-state index in [1.54, 1.807) is 0 Å². The van der Waals surface area contributed by atoms with E-state index in [1.807, 2.05) is 25.2 Å². The van der Waals surface area contributed by atoms with E-state index in [1.165, 1.54) is 0 Å². The smallest absolute Gasteiger partial charge is 0.0636 e. The minimum atomic E-state index is -0.210. The van der Waals surface area contributed by atoms with Crippen molar-refractivity contribution >= 4 is 23.2 Å². The van der Waals surface area contributed by atoms with Crippen LogP contribution >= 0.6 is 23.2 Å². The van der Waals surface area contributed by atoms with Crippen molar-refractivity contribution in [1.82, 2.24) is 0 Å². The molecule has 0 spiro atoms. The van der Waals surface area contributed by atoms with Gasteiger partial charge in [-0.3, -0.25) is 0 Å². The van der Waals surface area contributed by atoms with Crippen LogP contribution in [0.15, 0.2) is 23.3 Å². The number of halogens is 2. The van der Waals surface area contributed by atoms with E-state index in [0.717, 1.165) is 11.5 Å². The highest BCUT2D eigenvalue weighted by atomic mass is 35.5. The summed E-state index contributed by atoms with van der Waals surface area (Å²) >= 11 is 11.6. The van der Waals surface area contributed by atoms with Crippen molar-refractivity contribution in [3.8, 4) is 0 Å². The van der Waals surface area contributed by atoms with E-state index in [-0.39, 0.29) is 4.87 Å². The van der Waals surface area contributed by atoms with Gasteiger partial charge in [0.1, 0.15) is 0 Å². The molecule has 0 fully saturated rings. The number of hydrogen-bond donors (Lipinski definition) is 0. The highest BCUT2D eigenvalue weighted by Crippen LogP contribution is 2.27. The first-order valence-electron chi connectivity index (χ1n) is 2.84. The predicted octanol–water partition coefficient (Wildman–Crippen LogP) is 3.07. The van der Waals surface area contributed by atoms with Crippen LogP contribution in [0.1, 0.15) is 13.3 Å². The summed E-state index contributed by atoms with van der Waals surface area (Å²) < 4.78 is 0. The molecule has 1 unspecified atom stereocenters. The van der Waals surface area contributed by atoms with Crippen LogP contribution in [0.3, 0.4) is 0 Å². The Balaban J connectivity index is 2.70. The van der Waals surface area contributed by atoms with Crippen LogP contribution in [0.4, 0.5) is 0 Å². The Morgan fingerprint density at radius 2 is 2.33 bits per heavy atom. The topological polar surface area (TPSA) is 0 Å². The van der Waals surface area contributed by atoms with Gasteiger partial charge in [-0.2, -0.15) is 0 Å². The lowest BCUT2D eigenvalue weighted by molar-refractivity contribution is 0.781.